The summed E-state index contributed by atoms with van der Waals surface area (Å²) in [7, 11) is 5.38. The number of amides is 1. The molecule has 1 aromatic carbocycles. The summed E-state index contributed by atoms with van der Waals surface area (Å²) in [5.74, 6) is 0.390. The van der Waals surface area contributed by atoms with Crippen molar-refractivity contribution < 1.29 is 9.53 Å². The molecular formula is C23H27ClN4O3. The minimum Gasteiger partial charge on any atom is -0.383 e. The maximum absolute atomic E-state index is 13.3. The summed E-state index contributed by atoms with van der Waals surface area (Å²) in [5, 5.41) is 1.54. The molecule has 31 heavy (non-hydrogen) atoms. The van der Waals surface area contributed by atoms with Crippen molar-refractivity contribution in [3.63, 3.8) is 0 Å². The average Bonchev–Trinajstić information content (AvgIpc) is 2.72. The van der Waals surface area contributed by atoms with Crippen LogP contribution >= 0.6 is 11.6 Å². The second-order valence-corrected chi connectivity index (χ2v) is 8.18. The summed E-state index contributed by atoms with van der Waals surface area (Å²) in [6, 6.07) is 9.18. The molecule has 2 aromatic heterocycles. The standard InChI is InChI=1S/C23H27ClN4O3/c1-14-10-19(22(29)25-15(14)2)23(30)28(8-9-31-5)13-17-11-16-6-7-18(24)12-20(16)26-21(17)27(3)4/h6-7,10-12H,8-9,13H2,1-5H3,(H,25,29). The number of hydrogen-bond acceptors (Lipinski definition) is 5. The molecule has 0 aliphatic rings. The molecule has 8 heteroatoms. The minimum absolute atomic E-state index is 0.117. The molecule has 0 saturated heterocycles. The number of fused-ring (bicyclic) bond motifs is 1. The van der Waals surface area contributed by atoms with Gasteiger partial charge in [0.05, 0.1) is 12.1 Å². The lowest BCUT2D eigenvalue weighted by Crippen LogP contribution is -2.37. The Morgan fingerprint density at radius 2 is 1.94 bits per heavy atom. The third-order valence-electron chi connectivity index (χ3n) is 5.20. The van der Waals surface area contributed by atoms with Crippen molar-refractivity contribution in [3.8, 4) is 0 Å². The Kier molecular flexibility index (Phi) is 6.97. The number of aromatic amines is 1. The van der Waals surface area contributed by atoms with Gasteiger partial charge in [-0.25, -0.2) is 4.98 Å². The predicted octanol–water partition coefficient (Wildman–Crippen LogP) is 3.55. The van der Waals surface area contributed by atoms with Gasteiger partial charge in [0.25, 0.3) is 11.5 Å². The molecular weight excluding hydrogens is 416 g/mol. The van der Waals surface area contributed by atoms with Gasteiger partial charge in [0.15, 0.2) is 0 Å². The SMILES string of the molecule is COCCN(Cc1cc2ccc(Cl)cc2nc1N(C)C)C(=O)c1cc(C)c(C)[nH]c1=O. The van der Waals surface area contributed by atoms with E-state index in [9.17, 15) is 9.59 Å². The maximum atomic E-state index is 13.3. The van der Waals surface area contributed by atoms with E-state index in [0.717, 1.165) is 33.5 Å². The zero-order valence-electron chi connectivity index (χ0n) is 18.5. The monoisotopic (exact) mass is 442 g/mol. The van der Waals surface area contributed by atoms with E-state index >= 15 is 0 Å². The summed E-state index contributed by atoms with van der Waals surface area (Å²) in [6.07, 6.45) is 0. The molecule has 1 amide bonds. The zero-order valence-corrected chi connectivity index (χ0v) is 19.2. The van der Waals surface area contributed by atoms with Crippen LogP contribution in [-0.2, 0) is 11.3 Å². The van der Waals surface area contributed by atoms with E-state index in [1.165, 1.54) is 0 Å². The maximum Gasteiger partial charge on any atom is 0.261 e. The van der Waals surface area contributed by atoms with E-state index in [4.69, 9.17) is 21.3 Å². The Labute approximate surface area is 186 Å². The number of ether oxygens (including phenoxy) is 1. The highest BCUT2D eigenvalue weighted by Crippen LogP contribution is 2.26. The number of H-pyrrole nitrogens is 1. The second kappa shape index (κ2) is 9.49. The van der Waals surface area contributed by atoms with Crippen molar-refractivity contribution >= 4 is 34.2 Å². The molecule has 0 saturated carbocycles. The lowest BCUT2D eigenvalue weighted by atomic mass is 10.1. The summed E-state index contributed by atoms with van der Waals surface area (Å²) in [4.78, 5) is 36.8. The highest BCUT2D eigenvalue weighted by molar-refractivity contribution is 6.31. The van der Waals surface area contributed by atoms with Crippen LogP contribution in [0.2, 0.25) is 5.02 Å². The van der Waals surface area contributed by atoms with Gasteiger partial charge in [-0.15, -0.1) is 0 Å². The van der Waals surface area contributed by atoms with Gasteiger partial charge >= 0.3 is 0 Å². The highest BCUT2D eigenvalue weighted by Gasteiger charge is 2.22. The van der Waals surface area contributed by atoms with E-state index in [1.54, 1.807) is 18.1 Å². The van der Waals surface area contributed by atoms with Crippen LogP contribution in [0.25, 0.3) is 10.9 Å². The Balaban J connectivity index is 2.04. The van der Waals surface area contributed by atoms with Crippen LogP contribution in [0, 0.1) is 13.8 Å². The van der Waals surface area contributed by atoms with Crippen LogP contribution in [0.4, 0.5) is 5.82 Å². The largest absolute Gasteiger partial charge is 0.383 e. The van der Waals surface area contributed by atoms with Gasteiger partial charge in [-0.05, 0) is 43.7 Å². The van der Waals surface area contributed by atoms with Crippen molar-refractivity contribution in [3.05, 3.63) is 68.1 Å². The van der Waals surface area contributed by atoms with Crippen LogP contribution in [0.1, 0.15) is 27.2 Å². The molecule has 0 atom stereocenters. The van der Waals surface area contributed by atoms with Crippen molar-refractivity contribution in [1.82, 2.24) is 14.9 Å². The number of pyridine rings is 2. The second-order valence-electron chi connectivity index (χ2n) is 7.74. The third kappa shape index (κ3) is 5.06. The molecule has 2 heterocycles. The smallest absolute Gasteiger partial charge is 0.261 e. The number of aromatic nitrogens is 2. The van der Waals surface area contributed by atoms with E-state index in [2.05, 4.69) is 4.98 Å². The van der Waals surface area contributed by atoms with Gasteiger partial charge in [-0.3, -0.25) is 9.59 Å². The lowest BCUT2D eigenvalue weighted by Gasteiger charge is -2.25. The zero-order chi connectivity index (χ0) is 22.7. The number of anilines is 1. The van der Waals surface area contributed by atoms with Crippen LogP contribution in [-0.4, -0.2) is 55.1 Å². The number of carbonyl (C=O) groups excluding carboxylic acids is 1. The molecule has 0 bridgehead atoms. The van der Waals surface area contributed by atoms with Gasteiger partial charge in [0.2, 0.25) is 0 Å². The van der Waals surface area contributed by atoms with Gasteiger partial charge in [0.1, 0.15) is 11.4 Å². The van der Waals surface area contributed by atoms with Crippen LogP contribution in [0.3, 0.4) is 0 Å². The van der Waals surface area contributed by atoms with Crippen molar-refractivity contribution in [2.24, 2.45) is 0 Å². The number of rotatable bonds is 7. The first kappa shape index (κ1) is 22.8. The Morgan fingerprint density at radius 3 is 2.61 bits per heavy atom. The summed E-state index contributed by atoms with van der Waals surface area (Å²) < 4.78 is 5.21. The molecule has 0 fully saturated rings. The molecule has 0 aliphatic carbocycles. The minimum atomic E-state index is -0.394. The number of methoxy groups -OCH3 is 1. The van der Waals surface area contributed by atoms with Crippen molar-refractivity contribution in [2.45, 2.75) is 20.4 Å². The van der Waals surface area contributed by atoms with Crippen molar-refractivity contribution in [1.29, 1.82) is 0 Å². The van der Waals surface area contributed by atoms with Crippen LogP contribution in [0.15, 0.2) is 35.1 Å². The molecule has 0 spiro atoms. The molecule has 0 unspecified atom stereocenters. The van der Waals surface area contributed by atoms with E-state index in [1.807, 2.05) is 57.1 Å². The molecule has 3 aromatic rings. The van der Waals surface area contributed by atoms with Crippen molar-refractivity contribution in [2.75, 3.05) is 39.3 Å². The molecule has 164 valence electrons. The molecule has 3 rings (SSSR count). The summed E-state index contributed by atoms with van der Waals surface area (Å²) in [5.41, 5.74) is 2.97. The number of nitrogens with one attached hydrogen (secondary N) is 1. The Morgan fingerprint density at radius 1 is 1.19 bits per heavy atom. The highest BCUT2D eigenvalue weighted by atomic mass is 35.5. The first-order valence-electron chi connectivity index (χ1n) is 9.96. The average molecular weight is 443 g/mol. The van der Waals surface area contributed by atoms with E-state index in [0.29, 0.717) is 18.2 Å². The molecule has 0 radical (unpaired) electrons. The van der Waals surface area contributed by atoms with Gasteiger partial charge in [-0.1, -0.05) is 17.7 Å². The van der Waals surface area contributed by atoms with E-state index < -0.39 is 5.56 Å². The van der Waals surface area contributed by atoms with Gasteiger partial charge in [-0.2, -0.15) is 0 Å². The van der Waals surface area contributed by atoms with Crippen LogP contribution < -0.4 is 10.5 Å². The molecule has 7 nitrogen and oxygen atoms in total. The van der Waals surface area contributed by atoms with E-state index in [-0.39, 0.29) is 18.0 Å². The number of hydrogen-bond donors (Lipinski definition) is 1. The van der Waals surface area contributed by atoms with Crippen LogP contribution in [0.5, 0.6) is 0 Å². The Hall–Kier alpha value is -2.90. The first-order valence-corrected chi connectivity index (χ1v) is 10.3. The fourth-order valence-corrected chi connectivity index (χ4v) is 3.56. The fraction of sp³-hybridized carbons (Fsp3) is 0.348. The van der Waals surface area contributed by atoms with Gasteiger partial charge < -0.3 is 19.5 Å². The van der Waals surface area contributed by atoms with Gasteiger partial charge in [0, 0.05) is 56.0 Å². The number of nitrogens with zero attached hydrogens (tertiary/aromatic N) is 3. The number of aryl methyl sites for hydroxylation is 2. The number of halogens is 1. The summed E-state index contributed by atoms with van der Waals surface area (Å²) in [6.45, 7) is 4.65. The fourth-order valence-electron chi connectivity index (χ4n) is 3.39. The molecule has 1 N–H and O–H groups in total. The lowest BCUT2D eigenvalue weighted by molar-refractivity contribution is 0.0678. The Bertz CT molecular complexity index is 1170. The normalized spacial score (nSPS) is 11.0. The topological polar surface area (TPSA) is 78.5 Å². The summed E-state index contributed by atoms with van der Waals surface area (Å²) >= 11 is 6.13. The molecule has 0 aliphatic heterocycles. The predicted molar refractivity (Wildman–Crippen MR) is 124 cm³/mol. The number of benzene rings is 1. The first-order chi connectivity index (χ1) is 14.7. The number of carbonyl (C=O) groups is 1. The quantitative estimate of drug-likeness (QED) is 0.605. The third-order valence-corrected chi connectivity index (χ3v) is 5.44.